The third kappa shape index (κ3) is 4.05. The number of pyridine rings is 1. The van der Waals surface area contributed by atoms with Crippen LogP contribution in [0.4, 0.5) is 0 Å². The molecule has 0 aliphatic carbocycles. The molecule has 0 fully saturated rings. The third-order valence-electron chi connectivity index (χ3n) is 3.35. The second kappa shape index (κ2) is 7.27. The second-order valence-corrected chi connectivity index (χ2v) is 5.02. The number of rotatable bonds is 6. The van der Waals surface area contributed by atoms with E-state index in [4.69, 9.17) is 11.6 Å². The summed E-state index contributed by atoms with van der Waals surface area (Å²) in [6.45, 7) is 0. The van der Waals surface area contributed by atoms with E-state index >= 15 is 0 Å². The molecule has 1 aromatic heterocycles. The van der Waals surface area contributed by atoms with Crippen LogP contribution in [0, 0.1) is 0 Å². The first-order chi connectivity index (χ1) is 9.31. The molecule has 1 atom stereocenters. The van der Waals surface area contributed by atoms with Gasteiger partial charge in [0.1, 0.15) is 0 Å². The Morgan fingerprint density at radius 2 is 2.00 bits per heavy atom. The minimum Gasteiger partial charge on any atom is -0.313 e. The number of hydrogen-bond donors (Lipinski definition) is 1. The largest absolute Gasteiger partial charge is 0.313 e. The molecule has 1 N–H and O–H groups in total. The lowest BCUT2D eigenvalue weighted by Gasteiger charge is -2.16. The van der Waals surface area contributed by atoms with Crippen LogP contribution in [-0.2, 0) is 6.42 Å². The molecule has 1 aromatic carbocycles. The topological polar surface area (TPSA) is 24.9 Å². The predicted molar refractivity (Wildman–Crippen MR) is 80.4 cm³/mol. The zero-order valence-corrected chi connectivity index (χ0v) is 11.9. The molecular formula is C16H19ClN2. The molecule has 0 bridgehead atoms. The summed E-state index contributed by atoms with van der Waals surface area (Å²) in [5.41, 5.74) is 2.52. The van der Waals surface area contributed by atoms with Gasteiger partial charge in [-0.1, -0.05) is 41.9 Å². The van der Waals surface area contributed by atoms with E-state index in [2.05, 4.69) is 34.6 Å². The van der Waals surface area contributed by atoms with Gasteiger partial charge in [0.15, 0.2) is 0 Å². The number of aromatic nitrogens is 1. The number of nitrogens with one attached hydrogen (secondary N) is 1. The van der Waals surface area contributed by atoms with Crippen molar-refractivity contribution in [3.8, 4) is 0 Å². The maximum Gasteiger partial charge on any atom is 0.0621 e. The summed E-state index contributed by atoms with van der Waals surface area (Å²) in [7, 11) is 2.01. The Kier molecular flexibility index (Phi) is 5.37. The SMILES string of the molecule is CNC(CCCc1ccncc1Cl)c1ccccc1. The van der Waals surface area contributed by atoms with Crippen molar-refractivity contribution in [2.45, 2.75) is 25.3 Å². The lowest BCUT2D eigenvalue weighted by Crippen LogP contribution is -2.16. The Hall–Kier alpha value is -1.38. The fraction of sp³-hybridized carbons (Fsp3) is 0.312. The summed E-state index contributed by atoms with van der Waals surface area (Å²) in [4.78, 5) is 4.01. The number of halogens is 1. The van der Waals surface area contributed by atoms with Gasteiger partial charge in [0, 0.05) is 18.4 Å². The van der Waals surface area contributed by atoms with Gasteiger partial charge in [0.2, 0.25) is 0 Å². The highest BCUT2D eigenvalue weighted by Gasteiger charge is 2.08. The lowest BCUT2D eigenvalue weighted by molar-refractivity contribution is 0.527. The highest BCUT2D eigenvalue weighted by molar-refractivity contribution is 6.31. The number of benzene rings is 1. The average Bonchev–Trinajstić information content (AvgIpc) is 2.46. The average molecular weight is 275 g/mol. The van der Waals surface area contributed by atoms with Crippen molar-refractivity contribution in [3.05, 3.63) is 64.9 Å². The van der Waals surface area contributed by atoms with E-state index in [1.807, 2.05) is 19.2 Å². The minimum absolute atomic E-state index is 0.404. The molecule has 0 saturated carbocycles. The van der Waals surface area contributed by atoms with E-state index in [0.29, 0.717) is 6.04 Å². The van der Waals surface area contributed by atoms with Gasteiger partial charge in [0.05, 0.1) is 5.02 Å². The maximum absolute atomic E-state index is 6.11. The predicted octanol–water partition coefficient (Wildman–Crippen LogP) is 4.02. The van der Waals surface area contributed by atoms with E-state index < -0.39 is 0 Å². The molecular weight excluding hydrogens is 256 g/mol. The van der Waals surface area contributed by atoms with E-state index in [-0.39, 0.29) is 0 Å². The fourth-order valence-corrected chi connectivity index (χ4v) is 2.48. The van der Waals surface area contributed by atoms with Gasteiger partial charge in [-0.3, -0.25) is 4.98 Å². The van der Waals surface area contributed by atoms with Crippen LogP contribution in [0.5, 0.6) is 0 Å². The first-order valence-electron chi connectivity index (χ1n) is 6.62. The van der Waals surface area contributed by atoms with Gasteiger partial charge in [0.25, 0.3) is 0 Å². The molecule has 0 aliphatic rings. The molecule has 3 heteroatoms. The summed E-state index contributed by atoms with van der Waals surface area (Å²) < 4.78 is 0. The Bertz CT molecular complexity index is 499. The smallest absolute Gasteiger partial charge is 0.0621 e. The van der Waals surface area contributed by atoms with Crippen LogP contribution < -0.4 is 5.32 Å². The van der Waals surface area contributed by atoms with Crippen molar-refractivity contribution in [2.24, 2.45) is 0 Å². The minimum atomic E-state index is 0.404. The van der Waals surface area contributed by atoms with Gasteiger partial charge in [-0.15, -0.1) is 0 Å². The van der Waals surface area contributed by atoms with Gasteiger partial charge in [-0.25, -0.2) is 0 Å². The Morgan fingerprint density at radius 1 is 1.21 bits per heavy atom. The first-order valence-corrected chi connectivity index (χ1v) is 6.99. The lowest BCUT2D eigenvalue weighted by atomic mass is 9.99. The maximum atomic E-state index is 6.11. The quantitative estimate of drug-likeness (QED) is 0.861. The molecule has 0 amide bonds. The summed E-state index contributed by atoms with van der Waals surface area (Å²) in [6.07, 6.45) is 6.70. The zero-order valence-electron chi connectivity index (χ0n) is 11.1. The zero-order chi connectivity index (χ0) is 13.5. The molecule has 19 heavy (non-hydrogen) atoms. The van der Waals surface area contributed by atoms with E-state index in [1.54, 1.807) is 12.4 Å². The van der Waals surface area contributed by atoms with Crippen molar-refractivity contribution in [2.75, 3.05) is 7.05 Å². The summed E-state index contributed by atoms with van der Waals surface area (Å²) in [5, 5.41) is 4.14. The molecule has 1 unspecified atom stereocenters. The molecule has 0 radical (unpaired) electrons. The van der Waals surface area contributed by atoms with Crippen molar-refractivity contribution in [1.29, 1.82) is 0 Å². The first kappa shape index (κ1) is 14.0. The summed E-state index contributed by atoms with van der Waals surface area (Å²) in [5.74, 6) is 0. The van der Waals surface area contributed by atoms with Crippen LogP contribution in [0.15, 0.2) is 48.8 Å². The van der Waals surface area contributed by atoms with Gasteiger partial charge < -0.3 is 5.32 Å². The van der Waals surface area contributed by atoms with Crippen molar-refractivity contribution in [3.63, 3.8) is 0 Å². The summed E-state index contributed by atoms with van der Waals surface area (Å²) in [6, 6.07) is 13.0. The molecule has 100 valence electrons. The Balaban J connectivity index is 1.89. The Morgan fingerprint density at radius 3 is 2.68 bits per heavy atom. The van der Waals surface area contributed by atoms with Crippen molar-refractivity contribution < 1.29 is 0 Å². The van der Waals surface area contributed by atoms with Crippen LogP contribution in [0.1, 0.15) is 30.0 Å². The summed E-state index contributed by atoms with van der Waals surface area (Å²) >= 11 is 6.11. The monoisotopic (exact) mass is 274 g/mol. The molecule has 2 aromatic rings. The van der Waals surface area contributed by atoms with E-state index in [0.717, 1.165) is 24.3 Å². The molecule has 2 nitrogen and oxygen atoms in total. The normalized spacial score (nSPS) is 12.3. The van der Waals surface area contributed by atoms with Crippen molar-refractivity contribution >= 4 is 11.6 Å². The highest BCUT2D eigenvalue weighted by Crippen LogP contribution is 2.21. The van der Waals surface area contributed by atoms with Crippen LogP contribution in [0.2, 0.25) is 5.02 Å². The van der Waals surface area contributed by atoms with Crippen LogP contribution in [-0.4, -0.2) is 12.0 Å². The van der Waals surface area contributed by atoms with Crippen LogP contribution in [0.3, 0.4) is 0 Å². The van der Waals surface area contributed by atoms with E-state index in [1.165, 1.54) is 11.1 Å². The van der Waals surface area contributed by atoms with Gasteiger partial charge in [-0.2, -0.15) is 0 Å². The second-order valence-electron chi connectivity index (χ2n) is 4.61. The Labute approximate surface area is 119 Å². The highest BCUT2D eigenvalue weighted by atomic mass is 35.5. The number of hydrogen-bond acceptors (Lipinski definition) is 2. The van der Waals surface area contributed by atoms with E-state index in [9.17, 15) is 0 Å². The van der Waals surface area contributed by atoms with Gasteiger partial charge in [-0.05, 0) is 43.5 Å². The molecule has 0 aliphatic heterocycles. The third-order valence-corrected chi connectivity index (χ3v) is 3.69. The number of nitrogens with zero attached hydrogens (tertiary/aromatic N) is 1. The number of aryl methyl sites for hydroxylation is 1. The molecule has 1 heterocycles. The standard InChI is InChI=1S/C16H19ClN2/c1-18-16(14-6-3-2-4-7-14)9-5-8-13-10-11-19-12-15(13)17/h2-4,6-7,10-12,16,18H,5,8-9H2,1H3. The van der Waals surface area contributed by atoms with Crippen LogP contribution in [0.25, 0.3) is 0 Å². The molecule has 0 spiro atoms. The molecule has 0 saturated heterocycles. The van der Waals surface area contributed by atoms with Crippen LogP contribution >= 0.6 is 11.6 Å². The van der Waals surface area contributed by atoms with Gasteiger partial charge >= 0.3 is 0 Å². The fourth-order valence-electron chi connectivity index (χ4n) is 2.27. The molecule has 2 rings (SSSR count). The van der Waals surface area contributed by atoms with Crippen molar-refractivity contribution in [1.82, 2.24) is 10.3 Å².